The van der Waals surface area contributed by atoms with E-state index in [-0.39, 0.29) is 5.91 Å². The minimum atomic E-state index is 0.275. The fraction of sp³-hybridized carbons (Fsp3) is 0.579. The van der Waals surface area contributed by atoms with Crippen molar-refractivity contribution in [2.45, 2.75) is 25.2 Å². The van der Waals surface area contributed by atoms with Crippen molar-refractivity contribution in [3.05, 3.63) is 29.3 Å². The Morgan fingerprint density at radius 2 is 1.92 bits per heavy atom. The lowest BCUT2D eigenvalue weighted by Gasteiger charge is -2.32. The smallest absolute Gasteiger partial charge is 0.224 e. The van der Waals surface area contributed by atoms with Crippen LogP contribution in [0.1, 0.15) is 30.2 Å². The lowest BCUT2D eigenvalue weighted by atomic mass is 9.97. The molecule has 0 saturated carbocycles. The van der Waals surface area contributed by atoms with Crippen LogP contribution in [0.5, 0.6) is 0 Å². The molecule has 1 amide bonds. The van der Waals surface area contributed by atoms with E-state index in [4.69, 9.17) is 9.72 Å². The summed E-state index contributed by atoms with van der Waals surface area (Å²) in [5.74, 6) is 0.847. The van der Waals surface area contributed by atoms with Crippen LogP contribution >= 0.6 is 11.3 Å². The Kier molecular flexibility index (Phi) is 5.29. The number of carbonyl (C=O) groups excluding carboxylic acids is 1. The van der Waals surface area contributed by atoms with Gasteiger partial charge in [-0.2, -0.15) is 0 Å². The summed E-state index contributed by atoms with van der Waals surface area (Å²) in [5.41, 5.74) is 1.13. The topological polar surface area (TPSA) is 45.7 Å². The fourth-order valence-electron chi connectivity index (χ4n) is 3.69. The van der Waals surface area contributed by atoms with Gasteiger partial charge in [-0.15, -0.1) is 11.3 Å². The number of fused-ring (bicyclic) bond motifs is 1. The van der Waals surface area contributed by atoms with E-state index in [9.17, 15) is 4.79 Å². The first-order valence-corrected chi connectivity index (χ1v) is 10.0. The predicted octanol–water partition coefficient (Wildman–Crippen LogP) is 2.72. The van der Waals surface area contributed by atoms with E-state index in [0.717, 1.165) is 51.1 Å². The van der Waals surface area contributed by atoms with E-state index >= 15 is 0 Å². The number of rotatable bonds is 4. The van der Waals surface area contributed by atoms with Crippen molar-refractivity contribution in [2.75, 3.05) is 45.9 Å². The largest absolute Gasteiger partial charge is 0.378 e. The van der Waals surface area contributed by atoms with Crippen molar-refractivity contribution >= 4 is 27.5 Å². The summed E-state index contributed by atoms with van der Waals surface area (Å²) in [7, 11) is 0. The average Bonchev–Trinajstić information content (AvgIpc) is 3.11. The van der Waals surface area contributed by atoms with E-state index < -0.39 is 0 Å². The molecule has 5 nitrogen and oxygen atoms in total. The Balaban J connectivity index is 1.26. The predicted molar refractivity (Wildman–Crippen MR) is 100 cm³/mol. The summed E-state index contributed by atoms with van der Waals surface area (Å²) < 4.78 is 6.60. The van der Waals surface area contributed by atoms with E-state index in [1.165, 1.54) is 9.71 Å². The second-order valence-corrected chi connectivity index (χ2v) is 7.94. The third-order valence-corrected chi connectivity index (χ3v) is 6.45. The second kappa shape index (κ2) is 7.81. The number of nitrogens with zero attached hydrogens (tertiary/aromatic N) is 3. The van der Waals surface area contributed by atoms with Crippen molar-refractivity contribution in [1.82, 2.24) is 14.8 Å². The van der Waals surface area contributed by atoms with Crippen LogP contribution in [0.25, 0.3) is 10.2 Å². The van der Waals surface area contributed by atoms with Gasteiger partial charge in [0, 0.05) is 32.0 Å². The minimum Gasteiger partial charge on any atom is -0.378 e. The quantitative estimate of drug-likeness (QED) is 0.842. The molecule has 6 heteroatoms. The molecule has 2 aromatic rings. The Hall–Kier alpha value is -1.50. The van der Waals surface area contributed by atoms with Gasteiger partial charge < -0.3 is 14.5 Å². The highest BCUT2D eigenvalue weighted by Gasteiger charge is 2.24. The number of morpholine rings is 1. The van der Waals surface area contributed by atoms with Gasteiger partial charge in [0.2, 0.25) is 5.91 Å². The summed E-state index contributed by atoms with van der Waals surface area (Å²) in [4.78, 5) is 21.5. The van der Waals surface area contributed by atoms with E-state index in [1.54, 1.807) is 0 Å². The standard InChI is InChI=1S/C19H25N3O2S/c23-18(22-11-13-24-14-12-22)7-10-21-8-5-15(6-9-21)19-20-16-3-1-2-4-17(16)25-19/h1-4,15H,5-14H2. The number of aromatic nitrogens is 1. The summed E-state index contributed by atoms with van der Waals surface area (Å²) in [6, 6.07) is 8.39. The van der Waals surface area contributed by atoms with Crippen LogP contribution in [-0.2, 0) is 9.53 Å². The second-order valence-electron chi connectivity index (χ2n) is 6.88. The van der Waals surface area contributed by atoms with Crippen LogP contribution in [0.3, 0.4) is 0 Å². The number of para-hydroxylation sites is 1. The minimum absolute atomic E-state index is 0.275. The highest BCUT2D eigenvalue weighted by atomic mass is 32.1. The molecule has 2 fully saturated rings. The van der Waals surface area contributed by atoms with Crippen LogP contribution in [0.2, 0.25) is 0 Å². The van der Waals surface area contributed by atoms with Crippen LogP contribution < -0.4 is 0 Å². The molecular formula is C19H25N3O2S. The molecule has 0 radical (unpaired) electrons. The Labute approximate surface area is 152 Å². The van der Waals surface area contributed by atoms with Gasteiger partial charge in [-0.05, 0) is 38.1 Å². The number of ether oxygens (including phenoxy) is 1. The Morgan fingerprint density at radius 1 is 1.16 bits per heavy atom. The molecule has 0 atom stereocenters. The number of benzene rings is 1. The summed E-state index contributed by atoms with van der Waals surface area (Å²) in [6.07, 6.45) is 2.92. The number of hydrogen-bond acceptors (Lipinski definition) is 5. The van der Waals surface area contributed by atoms with Crippen LogP contribution in [-0.4, -0.2) is 66.6 Å². The monoisotopic (exact) mass is 359 g/mol. The molecule has 1 aromatic carbocycles. The summed E-state index contributed by atoms with van der Waals surface area (Å²) in [6.45, 7) is 5.87. The molecule has 0 aliphatic carbocycles. The maximum atomic E-state index is 12.3. The number of amides is 1. The van der Waals surface area contributed by atoms with E-state index in [1.807, 2.05) is 16.2 Å². The SMILES string of the molecule is O=C(CCN1CCC(c2nc3ccccc3s2)CC1)N1CCOCC1. The van der Waals surface area contributed by atoms with Gasteiger partial charge in [0.15, 0.2) is 0 Å². The highest BCUT2D eigenvalue weighted by Crippen LogP contribution is 2.33. The van der Waals surface area contributed by atoms with E-state index in [2.05, 4.69) is 29.2 Å². The van der Waals surface area contributed by atoms with Crippen molar-refractivity contribution in [1.29, 1.82) is 0 Å². The maximum absolute atomic E-state index is 12.3. The van der Waals surface area contributed by atoms with Gasteiger partial charge in [-0.3, -0.25) is 4.79 Å². The lowest BCUT2D eigenvalue weighted by Crippen LogP contribution is -2.42. The molecule has 1 aromatic heterocycles. The van der Waals surface area contributed by atoms with Gasteiger partial charge >= 0.3 is 0 Å². The highest BCUT2D eigenvalue weighted by molar-refractivity contribution is 7.18. The van der Waals surface area contributed by atoms with Gasteiger partial charge in [0.05, 0.1) is 28.4 Å². The van der Waals surface area contributed by atoms with Crippen molar-refractivity contribution in [2.24, 2.45) is 0 Å². The number of piperidine rings is 1. The lowest BCUT2D eigenvalue weighted by molar-refractivity contribution is -0.135. The zero-order chi connectivity index (χ0) is 17.1. The third-order valence-electron chi connectivity index (χ3n) is 5.25. The van der Waals surface area contributed by atoms with Crippen molar-refractivity contribution in [3.8, 4) is 0 Å². The molecule has 134 valence electrons. The number of likely N-dealkylation sites (tertiary alicyclic amines) is 1. The molecule has 25 heavy (non-hydrogen) atoms. The Bertz CT molecular complexity index is 685. The number of carbonyl (C=O) groups is 1. The van der Waals surface area contributed by atoms with Crippen molar-refractivity contribution in [3.63, 3.8) is 0 Å². The molecule has 0 unspecified atom stereocenters. The molecule has 2 saturated heterocycles. The first-order chi connectivity index (χ1) is 12.3. The number of hydrogen-bond donors (Lipinski definition) is 0. The molecule has 0 bridgehead atoms. The number of thiazole rings is 1. The van der Waals surface area contributed by atoms with Crippen molar-refractivity contribution < 1.29 is 9.53 Å². The van der Waals surface area contributed by atoms with E-state index in [0.29, 0.717) is 25.6 Å². The normalized spacial score (nSPS) is 20.2. The van der Waals surface area contributed by atoms with Crippen LogP contribution in [0.15, 0.2) is 24.3 Å². The summed E-state index contributed by atoms with van der Waals surface area (Å²) >= 11 is 1.84. The fourth-order valence-corrected chi connectivity index (χ4v) is 4.83. The first-order valence-electron chi connectivity index (χ1n) is 9.23. The molecule has 4 rings (SSSR count). The van der Waals surface area contributed by atoms with Gasteiger partial charge in [0.1, 0.15) is 0 Å². The molecular weight excluding hydrogens is 334 g/mol. The van der Waals surface area contributed by atoms with Gasteiger partial charge in [-0.25, -0.2) is 4.98 Å². The zero-order valence-electron chi connectivity index (χ0n) is 14.5. The molecule has 2 aliphatic heterocycles. The van der Waals surface area contributed by atoms with Crippen LogP contribution in [0.4, 0.5) is 0 Å². The van der Waals surface area contributed by atoms with Gasteiger partial charge in [-0.1, -0.05) is 12.1 Å². The third kappa shape index (κ3) is 4.02. The molecule has 2 aliphatic rings. The maximum Gasteiger partial charge on any atom is 0.224 e. The molecule has 0 spiro atoms. The molecule has 0 N–H and O–H groups in total. The summed E-state index contributed by atoms with van der Waals surface area (Å²) in [5, 5.41) is 1.28. The zero-order valence-corrected chi connectivity index (χ0v) is 15.3. The first kappa shape index (κ1) is 16.9. The van der Waals surface area contributed by atoms with Gasteiger partial charge in [0.25, 0.3) is 0 Å². The molecule has 3 heterocycles. The Morgan fingerprint density at radius 3 is 2.68 bits per heavy atom. The average molecular weight is 359 g/mol. The van der Waals surface area contributed by atoms with Crippen LogP contribution in [0, 0.1) is 0 Å².